The van der Waals surface area contributed by atoms with Crippen molar-refractivity contribution in [2.45, 2.75) is 39.5 Å². The second-order valence-corrected chi connectivity index (χ2v) is 8.37. The largest absolute Gasteiger partial charge is 0.339 e. The number of amides is 1. The molecule has 124 valence electrons. The summed E-state index contributed by atoms with van der Waals surface area (Å²) in [6.45, 7) is 5.72. The Morgan fingerprint density at radius 2 is 2.04 bits per heavy atom. The number of hydrogen-bond donors (Lipinski definition) is 1. The minimum Gasteiger partial charge on any atom is -0.339 e. The maximum absolute atomic E-state index is 12.5. The fourth-order valence-electron chi connectivity index (χ4n) is 2.47. The minimum atomic E-state index is -0.127. The summed E-state index contributed by atoms with van der Waals surface area (Å²) in [5.41, 5.74) is 1.54. The van der Waals surface area contributed by atoms with Crippen LogP contribution in [0.2, 0.25) is 0 Å². The molecule has 0 unspecified atom stereocenters. The lowest BCUT2D eigenvalue weighted by atomic mass is 10.3. The van der Waals surface area contributed by atoms with Crippen molar-refractivity contribution >= 4 is 34.3 Å². The number of nitrogens with one attached hydrogen (secondary N) is 1. The van der Waals surface area contributed by atoms with E-state index in [1.54, 1.807) is 11.3 Å². The molecule has 0 aromatic carbocycles. The predicted molar refractivity (Wildman–Crippen MR) is 93.9 cm³/mol. The average molecular weight is 360 g/mol. The number of anilines is 1. The van der Waals surface area contributed by atoms with E-state index in [-0.39, 0.29) is 5.91 Å². The van der Waals surface area contributed by atoms with Crippen molar-refractivity contribution in [1.29, 1.82) is 0 Å². The SMILES string of the molecule is Cc1nc(C)c(C(=O)Nc2cc(-c3noc(C4CC4)n3)sc2C)s1. The first-order valence-electron chi connectivity index (χ1n) is 7.71. The van der Waals surface area contributed by atoms with Gasteiger partial charge < -0.3 is 9.84 Å². The summed E-state index contributed by atoms with van der Waals surface area (Å²) in [7, 11) is 0. The van der Waals surface area contributed by atoms with Crippen LogP contribution in [-0.4, -0.2) is 21.0 Å². The van der Waals surface area contributed by atoms with Crippen LogP contribution < -0.4 is 5.32 Å². The first-order chi connectivity index (χ1) is 11.5. The zero-order valence-corrected chi connectivity index (χ0v) is 15.2. The summed E-state index contributed by atoms with van der Waals surface area (Å²) in [5.74, 6) is 1.62. The third-order valence-electron chi connectivity index (χ3n) is 3.86. The van der Waals surface area contributed by atoms with Gasteiger partial charge in [-0.3, -0.25) is 4.79 Å². The van der Waals surface area contributed by atoms with Crippen LogP contribution in [0.4, 0.5) is 5.69 Å². The molecule has 3 aromatic heterocycles. The van der Waals surface area contributed by atoms with Crippen LogP contribution in [0, 0.1) is 20.8 Å². The topological polar surface area (TPSA) is 80.9 Å². The lowest BCUT2D eigenvalue weighted by molar-refractivity contribution is 0.103. The van der Waals surface area contributed by atoms with Crippen molar-refractivity contribution in [3.8, 4) is 10.7 Å². The van der Waals surface area contributed by atoms with E-state index < -0.39 is 0 Å². The molecule has 1 saturated carbocycles. The smallest absolute Gasteiger partial charge is 0.267 e. The summed E-state index contributed by atoms with van der Waals surface area (Å²) in [6.07, 6.45) is 2.25. The van der Waals surface area contributed by atoms with Crippen molar-refractivity contribution in [3.05, 3.63) is 32.4 Å². The highest BCUT2D eigenvalue weighted by molar-refractivity contribution is 7.16. The van der Waals surface area contributed by atoms with E-state index in [1.807, 2.05) is 26.8 Å². The van der Waals surface area contributed by atoms with Crippen molar-refractivity contribution in [1.82, 2.24) is 15.1 Å². The van der Waals surface area contributed by atoms with Crippen molar-refractivity contribution in [2.24, 2.45) is 0 Å². The van der Waals surface area contributed by atoms with Crippen molar-refractivity contribution in [2.75, 3.05) is 5.32 Å². The third-order valence-corrected chi connectivity index (χ3v) is 5.98. The molecule has 8 heteroatoms. The standard InChI is InChI=1S/C16H16N4O2S2/c1-7-13(24-9(3)17-7)15(21)18-11-6-12(23-8(11)2)14-19-16(22-20-14)10-4-5-10/h6,10H,4-5H2,1-3H3,(H,18,21). The first kappa shape index (κ1) is 15.5. The molecular formula is C16H16N4O2S2. The van der Waals surface area contributed by atoms with Crippen molar-refractivity contribution in [3.63, 3.8) is 0 Å². The summed E-state index contributed by atoms with van der Waals surface area (Å²) >= 11 is 2.95. The van der Waals surface area contributed by atoms with Gasteiger partial charge in [-0.2, -0.15) is 4.98 Å². The second kappa shape index (κ2) is 5.78. The Kier molecular flexibility index (Phi) is 3.73. The normalized spacial score (nSPS) is 14.1. The Morgan fingerprint density at radius 3 is 2.71 bits per heavy atom. The molecule has 1 aliphatic carbocycles. The Labute approximate surface area is 146 Å². The highest BCUT2D eigenvalue weighted by atomic mass is 32.1. The quantitative estimate of drug-likeness (QED) is 0.750. The van der Waals surface area contributed by atoms with E-state index in [2.05, 4.69) is 20.4 Å². The number of carbonyl (C=O) groups is 1. The lowest BCUT2D eigenvalue weighted by Crippen LogP contribution is -2.11. The molecular weight excluding hydrogens is 344 g/mol. The van der Waals surface area contributed by atoms with Gasteiger partial charge in [-0.25, -0.2) is 4.98 Å². The van der Waals surface area contributed by atoms with E-state index in [1.165, 1.54) is 11.3 Å². The summed E-state index contributed by atoms with van der Waals surface area (Å²) in [5, 5.41) is 7.92. The highest BCUT2D eigenvalue weighted by Crippen LogP contribution is 2.40. The van der Waals surface area contributed by atoms with E-state index in [0.717, 1.165) is 44.9 Å². The molecule has 4 rings (SSSR count). The van der Waals surface area contributed by atoms with Gasteiger partial charge in [0.25, 0.3) is 5.91 Å². The van der Waals surface area contributed by atoms with Gasteiger partial charge in [0.05, 0.1) is 21.3 Å². The summed E-state index contributed by atoms with van der Waals surface area (Å²) in [4.78, 5) is 23.8. The Morgan fingerprint density at radius 1 is 1.25 bits per heavy atom. The molecule has 0 atom stereocenters. The molecule has 0 bridgehead atoms. The Bertz CT molecular complexity index is 921. The maximum Gasteiger partial charge on any atom is 0.267 e. The minimum absolute atomic E-state index is 0.127. The Balaban J connectivity index is 1.56. The van der Waals surface area contributed by atoms with Gasteiger partial charge in [-0.15, -0.1) is 22.7 Å². The van der Waals surface area contributed by atoms with Gasteiger partial charge in [0.1, 0.15) is 4.88 Å². The number of aryl methyl sites for hydroxylation is 3. The molecule has 0 saturated heterocycles. The van der Waals surface area contributed by atoms with Gasteiger partial charge in [-0.1, -0.05) is 5.16 Å². The summed E-state index contributed by atoms with van der Waals surface area (Å²) < 4.78 is 5.31. The predicted octanol–water partition coefficient (Wildman–Crippen LogP) is 4.31. The van der Waals surface area contributed by atoms with Gasteiger partial charge >= 0.3 is 0 Å². The highest BCUT2D eigenvalue weighted by Gasteiger charge is 2.30. The number of rotatable bonds is 4. The zero-order chi connectivity index (χ0) is 16.8. The molecule has 0 spiro atoms. The molecule has 6 nitrogen and oxygen atoms in total. The average Bonchev–Trinajstić information content (AvgIpc) is 2.99. The molecule has 1 amide bonds. The van der Waals surface area contributed by atoms with Crippen LogP contribution in [0.1, 0.15) is 49.9 Å². The van der Waals surface area contributed by atoms with Gasteiger partial charge in [0.2, 0.25) is 11.7 Å². The third kappa shape index (κ3) is 2.87. The number of carbonyl (C=O) groups excluding carboxylic acids is 1. The number of hydrogen-bond acceptors (Lipinski definition) is 7. The van der Waals surface area contributed by atoms with E-state index in [9.17, 15) is 4.79 Å². The van der Waals surface area contributed by atoms with Crippen LogP contribution >= 0.6 is 22.7 Å². The van der Waals surface area contributed by atoms with Gasteiger partial charge in [-0.05, 0) is 39.7 Å². The van der Waals surface area contributed by atoms with Gasteiger partial charge in [0, 0.05) is 10.8 Å². The van der Waals surface area contributed by atoms with Crippen LogP contribution in [0.5, 0.6) is 0 Å². The van der Waals surface area contributed by atoms with Crippen LogP contribution in [0.3, 0.4) is 0 Å². The van der Waals surface area contributed by atoms with Gasteiger partial charge in [0.15, 0.2) is 0 Å². The molecule has 3 aromatic rings. The fraction of sp³-hybridized carbons (Fsp3) is 0.375. The molecule has 24 heavy (non-hydrogen) atoms. The van der Waals surface area contributed by atoms with Crippen LogP contribution in [-0.2, 0) is 0 Å². The molecule has 1 fully saturated rings. The molecule has 1 aliphatic rings. The number of thiophene rings is 1. The molecule has 0 aliphatic heterocycles. The van der Waals surface area contributed by atoms with E-state index in [4.69, 9.17) is 4.52 Å². The first-order valence-corrected chi connectivity index (χ1v) is 9.34. The van der Waals surface area contributed by atoms with Crippen molar-refractivity contribution < 1.29 is 9.32 Å². The number of thiazole rings is 1. The maximum atomic E-state index is 12.5. The molecule has 0 radical (unpaired) electrons. The zero-order valence-electron chi connectivity index (χ0n) is 13.5. The monoisotopic (exact) mass is 360 g/mol. The van der Waals surface area contributed by atoms with E-state index in [0.29, 0.717) is 16.6 Å². The Hall–Kier alpha value is -2.06. The molecule has 1 N–H and O–H groups in total. The molecule has 3 heterocycles. The van der Waals surface area contributed by atoms with E-state index >= 15 is 0 Å². The number of aromatic nitrogens is 3. The lowest BCUT2D eigenvalue weighted by Gasteiger charge is -2.02. The second-order valence-electron chi connectivity index (χ2n) is 5.91. The number of nitrogens with zero attached hydrogens (tertiary/aromatic N) is 3. The fourth-order valence-corrected chi connectivity index (χ4v) is 4.18. The summed E-state index contributed by atoms with van der Waals surface area (Å²) in [6, 6.07) is 1.91. The van der Waals surface area contributed by atoms with Crippen LogP contribution in [0.15, 0.2) is 10.6 Å². The van der Waals surface area contributed by atoms with Crippen LogP contribution in [0.25, 0.3) is 10.7 Å².